The van der Waals surface area contributed by atoms with Crippen LogP contribution in [0.3, 0.4) is 0 Å². The first-order valence-electron chi connectivity index (χ1n) is 25.5. The molecule has 0 spiro atoms. The largest absolute Gasteiger partial charge is 0.509 e. The predicted octanol–water partition coefficient (Wildman–Crippen LogP) is 4.66. The van der Waals surface area contributed by atoms with Crippen LogP contribution in [0.15, 0.2) is 102 Å². The second kappa shape index (κ2) is 25.3. The Labute approximate surface area is 467 Å². The molecular formula is C56H63NO21S2. The highest BCUT2D eigenvalue weighted by molar-refractivity contribution is 8.76. The highest BCUT2D eigenvalue weighted by atomic mass is 33.1. The average molecular weight is 1150 g/mol. The molecule has 3 aromatic carbocycles. The molecular weight excluding hydrogens is 1090 g/mol. The van der Waals surface area contributed by atoms with Gasteiger partial charge in [-0.05, 0) is 54.8 Å². The van der Waals surface area contributed by atoms with Crippen LogP contribution in [-0.2, 0) is 66.7 Å². The summed E-state index contributed by atoms with van der Waals surface area (Å²) in [7, 11) is 2.40. The molecule has 2 bridgehead atoms. The number of carboxylic acids is 1. The van der Waals surface area contributed by atoms with E-state index in [1.54, 1.807) is 66.7 Å². The molecule has 7 rings (SSSR count). The predicted molar refractivity (Wildman–Crippen MR) is 282 cm³/mol. The first-order valence-corrected chi connectivity index (χ1v) is 28.0. The summed E-state index contributed by atoms with van der Waals surface area (Å²) in [4.78, 5) is 122. The molecule has 0 radical (unpaired) electrons. The maximum atomic E-state index is 15.8. The Bertz CT molecular complexity index is 2850. The van der Waals surface area contributed by atoms with Gasteiger partial charge in [0.15, 0.2) is 23.6 Å². The fraction of sp³-hybridized carbons (Fsp3) is 0.482. The molecule has 1 heterocycles. The third kappa shape index (κ3) is 12.5. The van der Waals surface area contributed by atoms with Crippen molar-refractivity contribution in [2.75, 3.05) is 31.3 Å². The van der Waals surface area contributed by atoms with Crippen LogP contribution >= 0.6 is 21.6 Å². The van der Waals surface area contributed by atoms with Gasteiger partial charge in [-0.25, -0.2) is 19.2 Å². The molecule has 2 saturated carbocycles. The summed E-state index contributed by atoms with van der Waals surface area (Å²) in [5.74, 6) is -9.51. The summed E-state index contributed by atoms with van der Waals surface area (Å²) in [5, 5.41) is 47.2. The molecule has 0 unspecified atom stereocenters. The Morgan fingerprint density at radius 3 is 1.95 bits per heavy atom. The molecule has 430 valence electrons. The van der Waals surface area contributed by atoms with Crippen molar-refractivity contribution in [2.45, 2.75) is 121 Å². The van der Waals surface area contributed by atoms with Gasteiger partial charge in [0.25, 0.3) is 5.91 Å². The number of ketones is 1. The molecule has 0 aromatic heterocycles. The summed E-state index contributed by atoms with van der Waals surface area (Å²) < 4.78 is 46.9. The lowest BCUT2D eigenvalue weighted by molar-refractivity contribution is -0.346. The van der Waals surface area contributed by atoms with Crippen LogP contribution in [0.25, 0.3) is 0 Å². The first-order chi connectivity index (χ1) is 37.9. The third-order valence-electron chi connectivity index (χ3n) is 15.2. The van der Waals surface area contributed by atoms with Crippen molar-refractivity contribution in [3.63, 3.8) is 0 Å². The van der Waals surface area contributed by atoms with E-state index in [4.69, 9.17) is 43.0 Å². The highest BCUT2D eigenvalue weighted by Gasteiger charge is 2.78. The van der Waals surface area contributed by atoms with Crippen LogP contribution in [-0.4, -0.2) is 159 Å². The number of nitrogens with one attached hydrogen (secondary N) is 1. The van der Waals surface area contributed by atoms with Gasteiger partial charge < -0.3 is 63.6 Å². The summed E-state index contributed by atoms with van der Waals surface area (Å²) in [6.45, 7) is 7.24. The zero-order valence-corrected chi connectivity index (χ0v) is 46.2. The highest BCUT2D eigenvalue weighted by Crippen LogP contribution is 2.64. The van der Waals surface area contributed by atoms with Gasteiger partial charge in [0, 0.05) is 49.2 Å². The van der Waals surface area contributed by atoms with E-state index in [2.05, 4.69) is 5.32 Å². The number of carboxylic acid groups (broad SMARTS) is 1. The van der Waals surface area contributed by atoms with E-state index < -0.39 is 143 Å². The van der Waals surface area contributed by atoms with Gasteiger partial charge in [-0.3, -0.25) is 24.0 Å². The van der Waals surface area contributed by atoms with Gasteiger partial charge in [-0.15, -0.1) is 0 Å². The van der Waals surface area contributed by atoms with Crippen molar-refractivity contribution in [3.8, 4) is 0 Å². The maximum absolute atomic E-state index is 15.8. The van der Waals surface area contributed by atoms with Gasteiger partial charge in [0.2, 0.25) is 6.10 Å². The number of carbonyl (C=O) groups is 9. The van der Waals surface area contributed by atoms with Crippen LogP contribution in [0.5, 0.6) is 0 Å². The minimum atomic E-state index is -2.53. The molecule has 3 aliphatic carbocycles. The number of aliphatic carboxylic acids is 1. The molecule has 3 aromatic rings. The lowest BCUT2D eigenvalue weighted by atomic mass is 9.44. The molecule has 3 fully saturated rings. The van der Waals surface area contributed by atoms with Crippen molar-refractivity contribution in [2.24, 2.45) is 16.7 Å². The topological polar surface area (TPSA) is 320 Å². The molecule has 22 nitrogen and oxygen atoms in total. The number of fused-ring (bicyclic) bond motifs is 5. The Balaban J connectivity index is 1.28. The number of rotatable bonds is 21. The Morgan fingerprint density at radius 2 is 1.39 bits per heavy atom. The number of carbonyl (C=O) groups excluding carboxylic acids is 8. The van der Waals surface area contributed by atoms with Gasteiger partial charge in [0.05, 0.1) is 36.0 Å². The van der Waals surface area contributed by atoms with E-state index in [1.165, 1.54) is 73.5 Å². The van der Waals surface area contributed by atoms with Crippen LogP contribution < -0.4 is 5.32 Å². The zero-order valence-electron chi connectivity index (χ0n) is 44.6. The number of aliphatic hydroxyl groups excluding tert-OH is 2. The van der Waals surface area contributed by atoms with Crippen LogP contribution in [0, 0.1) is 16.7 Å². The molecule has 12 atom stereocenters. The van der Waals surface area contributed by atoms with E-state index >= 15 is 9.59 Å². The maximum Gasteiger partial charge on any atom is 0.509 e. The van der Waals surface area contributed by atoms with E-state index in [-0.39, 0.29) is 65.6 Å². The quantitative estimate of drug-likeness (QED) is 0.0318. The van der Waals surface area contributed by atoms with E-state index in [0.29, 0.717) is 0 Å². The zero-order chi connectivity index (χ0) is 58.3. The van der Waals surface area contributed by atoms with Crippen LogP contribution in [0.4, 0.5) is 4.79 Å². The normalized spacial score (nSPS) is 27.5. The molecule has 1 aliphatic heterocycles. The van der Waals surface area contributed by atoms with Gasteiger partial charge in [0.1, 0.15) is 43.2 Å². The van der Waals surface area contributed by atoms with E-state index in [9.17, 15) is 48.9 Å². The summed E-state index contributed by atoms with van der Waals surface area (Å²) in [6, 6.07) is 22.0. The monoisotopic (exact) mass is 1150 g/mol. The summed E-state index contributed by atoms with van der Waals surface area (Å²) in [6.07, 6.45) is -15.3. The Hall–Kier alpha value is -6.83. The molecule has 1 amide bonds. The smallest absolute Gasteiger partial charge is 0.479 e. The number of aliphatic hydroxyl groups is 3. The molecule has 80 heavy (non-hydrogen) atoms. The molecule has 4 aliphatic rings. The van der Waals surface area contributed by atoms with E-state index in [1.807, 2.05) is 0 Å². The number of benzene rings is 3. The minimum Gasteiger partial charge on any atom is -0.479 e. The molecule has 5 N–H and O–H groups in total. The van der Waals surface area contributed by atoms with Crippen molar-refractivity contribution >= 4 is 75.2 Å². The first kappa shape index (κ1) is 60.8. The standard InChI is InChI=1S/C56H63NO21S2/c1-30-37(75-51(68)44(42(33-16-10-7-11-17-33)57-48(64)34-18-12-8-13-19-34)76-52(69)72-23-25-80-79-24-22-71-40(62)26-36(60)49(65)66)28-56(70)47(77-50(67)35-20-14-9-15-21-35)45-54(6,38(61)27-39-55(45,29-73-39)78-32(3)59)46(63)43(74-31(2)58)41(30)53(56,4)5/h7-21,36-39,42-45,47,60-61,70H,22-29H2,1-6H3,(H,57,64)(H,65,66)/t36-,37-,38-,39+,42-,43+,44+,45-,47-,54+,55-,56+/m0/s1. The van der Waals surface area contributed by atoms with Crippen molar-refractivity contribution < 1.29 is 101 Å². The van der Waals surface area contributed by atoms with Gasteiger partial charge >= 0.3 is 42.0 Å². The van der Waals surface area contributed by atoms with Gasteiger partial charge in [-0.2, -0.15) is 0 Å². The Morgan fingerprint density at radius 1 is 0.800 bits per heavy atom. The van der Waals surface area contributed by atoms with Crippen molar-refractivity contribution in [1.29, 1.82) is 0 Å². The number of amides is 1. The van der Waals surface area contributed by atoms with Crippen LogP contribution in [0.1, 0.15) is 93.1 Å². The minimum absolute atomic E-state index is 0.0109. The summed E-state index contributed by atoms with van der Waals surface area (Å²) >= 11 is 0. The fourth-order valence-electron chi connectivity index (χ4n) is 11.2. The van der Waals surface area contributed by atoms with Crippen molar-refractivity contribution in [3.05, 3.63) is 119 Å². The molecule has 24 heteroatoms. The number of ether oxygens (including phenoxy) is 8. The number of Topliss-reactive ketones (excluding diaryl/α,β-unsaturated/α-hetero) is 1. The number of hydrogen-bond donors (Lipinski definition) is 5. The second-order valence-corrected chi connectivity index (χ2v) is 23.2. The van der Waals surface area contributed by atoms with E-state index in [0.717, 1.165) is 13.8 Å². The third-order valence-corrected chi connectivity index (χ3v) is 17.6. The summed E-state index contributed by atoms with van der Waals surface area (Å²) in [5.41, 5.74) is -7.92. The van der Waals surface area contributed by atoms with Gasteiger partial charge in [-0.1, -0.05) is 102 Å². The number of hydrogen-bond acceptors (Lipinski definition) is 22. The van der Waals surface area contributed by atoms with Crippen LogP contribution in [0.2, 0.25) is 0 Å². The molecule has 1 saturated heterocycles. The lowest BCUT2D eigenvalue weighted by Gasteiger charge is -2.67. The fourth-order valence-corrected chi connectivity index (χ4v) is 12.8. The SMILES string of the molecule is CC(=O)O[C@H]1C(=O)[C@@]2(C)[C@H]([C@H](OC(=O)c3ccccc3)[C@]3(O)C[C@H](OC(=O)[C@H](OC(=O)OCCSSCCOC(=O)C[C@H](O)C(=O)O)[C@@H](NC(=O)c4ccccc4)c4ccccc4)C(C)=C1C3(C)C)[C@]1(OC(C)=O)CO[C@@H]1C[C@@H]2O. The second-order valence-electron chi connectivity index (χ2n) is 20.5. The average Bonchev–Trinajstić information content (AvgIpc) is 2.14. The lowest BCUT2D eigenvalue weighted by Crippen LogP contribution is -2.82. The number of esters is 5. The van der Waals surface area contributed by atoms with Crippen molar-refractivity contribution in [1.82, 2.24) is 5.32 Å². The Kier molecular flexibility index (Phi) is 19.2.